The van der Waals surface area contributed by atoms with E-state index in [4.69, 9.17) is 4.74 Å². The fraction of sp³-hybridized carbons (Fsp3) is 0.143. The quantitative estimate of drug-likeness (QED) is 0.648. The SMILES string of the molecule is C=CCCOc1cnc2ccccc2c1C(=O)O. The molecule has 92 valence electrons. The second-order valence-electron chi connectivity index (χ2n) is 3.75. The van der Waals surface area contributed by atoms with E-state index in [-0.39, 0.29) is 5.56 Å². The van der Waals surface area contributed by atoms with Crippen LogP contribution in [0.25, 0.3) is 10.9 Å². The van der Waals surface area contributed by atoms with Crippen LogP contribution in [-0.4, -0.2) is 22.7 Å². The van der Waals surface area contributed by atoms with Gasteiger partial charge in [-0.3, -0.25) is 4.98 Å². The molecule has 1 heterocycles. The first-order valence-corrected chi connectivity index (χ1v) is 5.58. The van der Waals surface area contributed by atoms with Gasteiger partial charge in [0.1, 0.15) is 5.56 Å². The van der Waals surface area contributed by atoms with Gasteiger partial charge in [0.05, 0.1) is 18.3 Å². The number of carbonyl (C=O) groups is 1. The number of rotatable bonds is 5. The van der Waals surface area contributed by atoms with Gasteiger partial charge in [-0.15, -0.1) is 6.58 Å². The molecule has 2 rings (SSSR count). The summed E-state index contributed by atoms with van der Waals surface area (Å²) in [7, 11) is 0. The van der Waals surface area contributed by atoms with Gasteiger partial charge in [0.2, 0.25) is 0 Å². The van der Waals surface area contributed by atoms with Crippen molar-refractivity contribution in [2.75, 3.05) is 6.61 Å². The number of fused-ring (bicyclic) bond motifs is 1. The van der Waals surface area contributed by atoms with Gasteiger partial charge < -0.3 is 9.84 Å². The van der Waals surface area contributed by atoms with Crippen molar-refractivity contribution < 1.29 is 14.6 Å². The molecule has 0 aliphatic rings. The Hall–Kier alpha value is -2.36. The van der Waals surface area contributed by atoms with E-state index in [1.807, 2.05) is 6.07 Å². The van der Waals surface area contributed by atoms with Gasteiger partial charge in [-0.05, 0) is 12.5 Å². The highest BCUT2D eigenvalue weighted by atomic mass is 16.5. The van der Waals surface area contributed by atoms with Gasteiger partial charge in [0.15, 0.2) is 5.75 Å². The number of aromatic carboxylic acids is 1. The lowest BCUT2D eigenvalue weighted by Crippen LogP contribution is -2.05. The average Bonchev–Trinajstić information content (AvgIpc) is 2.38. The summed E-state index contributed by atoms with van der Waals surface area (Å²) in [6.07, 6.45) is 3.83. The Kier molecular flexibility index (Phi) is 3.57. The van der Waals surface area contributed by atoms with Crippen LogP contribution in [0, 0.1) is 0 Å². The maximum atomic E-state index is 11.3. The molecule has 0 radical (unpaired) electrons. The van der Waals surface area contributed by atoms with Crippen LogP contribution in [0.2, 0.25) is 0 Å². The van der Waals surface area contributed by atoms with E-state index in [0.717, 1.165) is 0 Å². The first-order chi connectivity index (χ1) is 8.74. The van der Waals surface area contributed by atoms with E-state index in [9.17, 15) is 9.90 Å². The second-order valence-corrected chi connectivity index (χ2v) is 3.75. The lowest BCUT2D eigenvalue weighted by Gasteiger charge is -2.10. The maximum absolute atomic E-state index is 11.3. The molecule has 0 saturated heterocycles. The molecule has 0 fully saturated rings. The zero-order valence-corrected chi connectivity index (χ0v) is 9.80. The molecular weight excluding hydrogens is 230 g/mol. The number of hydrogen-bond donors (Lipinski definition) is 1. The van der Waals surface area contributed by atoms with Crippen molar-refractivity contribution in [3.05, 3.63) is 48.7 Å². The molecule has 0 unspecified atom stereocenters. The van der Waals surface area contributed by atoms with E-state index in [2.05, 4.69) is 11.6 Å². The fourth-order valence-corrected chi connectivity index (χ4v) is 1.71. The summed E-state index contributed by atoms with van der Waals surface area (Å²) in [4.78, 5) is 15.5. The summed E-state index contributed by atoms with van der Waals surface area (Å²) in [5, 5.41) is 9.88. The molecule has 4 heteroatoms. The third-order valence-electron chi connectivity index (χ3n) is 2.53. The Morgan fingerprint density at radius 3 is 2.94 bits per heavy atom. The summed E-state index contributed by atoms with van der Waals surface area (Å²) in [5.41, 5.74) is 0.802. The maximum Gasteiger partial charge on any atom is 0.340 e. The van der Waals surface area contributed by atoms with Gasteiger partial charge in [0, 0.05) is 5.39 Å². The third kappa shape index (κ3) is 2.32. The van der Waals surface area contributed by atoms with Crippen molar-refractivity contribution in [1.29, 1.82) is 0 Å². The normalized spacial score (nSPS) is 10.2. The fourth-order valence-electron chi connectivity index (χ4n) is 1.71. The van der Waals surface area contributed by atoms with Crippen LogP contribution in [0.3, 0.4) is 0 Å². The van der Waals surface area contributed by atoms with Crippen molar-refractivity contribution in [1.82, 2.24) is 4.98 Å². The summed E-state index contributed by atoms with van der Waals surface area (Å²) in [6.45, 7) is 3.98. The number of nitrogens with zero attached hydrogens (tertiary/aromatic N) is 1. The second kappa shape index (κ2) is 5.31. The highest BCUT2D eigenvalue weighted by molar-refractivity contribution is 6.04. The first-order valence-electron chi connectivity index (χ1n) is 5.58. The number of carboxylic acid groups (broad SMARTS) is 1. The third-order valence-corrected chi connectivity index (χ3v) is 2.53. The number of ether oxygens (including phenoxy) is 1. The van der Waals surface area contributed by atoms with E-state index < -0.39 is 5.97 Å². The predicted molar refractivity (Wildman–Crippen MR) is 69.0 cm³/mol. The van der Waals surface area contributed by atoms with Gasteiger partial charge in [0.25, 0.3) is 0 Å². The van der Waals surface area contributed by atoms with Crippen LogP contribution < -0.4 is 4.74 Å². The van der Waals surface area contributed by atoms with E-state index in [1.165, 1.54) is 6.20 Å². The minimum atomic E-state index is -1.01. The molecule has 4 nitrogen and oxygen atoms in total. The minimum Gasteiger partial charge on any atom is -0.491 e. The van der Waals surface area contributed by atoms with E-state index in [1.54, 1.807) is 24.3 Å². The number of aromatic nitrogens is 1. The van der Waals surface area contributed by atoms with Crippen LogP contribution in [0.4, 0.5) is 0 Å². The largest absolute Gasteiger partial charge is 0.491 e. The zero-order valence-electron chi connectivity index (χ0n) is 9.80. The van der Waals surface area contributed by atoms with Crippen LogP contribution in [0.5, 0.6) is 5.75 Å². The summed E-state index contributed by atoms with van der Waals surface area (Å²) < 4.78 is 5.43. The van der Waals surface area contributed by atoms with E-state index in [0.29, 0.717) is 29.7 Å². The van der Waals surface area contributed by atoms with Gasteiger partial charge in [-0.1, -0.05) is 24.3 Å². The van der Waals surface area contributed by atoms with Crippen LogP contribution >= 0.6 is 0 Å². The Balaban J connectivity index is 2.49. The highest BCUT2D eigenvalue weighted by Gasteiger charge is 2.16. The standard InChI is InChI=1S/C14H13NO3/c1-2-3-8-18-12-9-15-11-7-5-4-6-10(11)13(12)14(16)17/h2,4-7,9H,1,3,8H2,(H,16,17). The lowest BCUT2D eigenvalue weighted by atomic mass is 10.1. The van der Waals surface area contributed by atoms with Gasteiger partial charge in [-0.25, -0.2) is 4.79 Å². The monoisotopic (exact) mass is 243 g/mol. The van der Waals surface area contributed by atoms with Gasteiger partial charge in [-0.2, -0.15) is 0 Å². The molecule has 18 heavy (non-hydrogen) atoms. The molecule has 2 aromatic rings. The number of benzene rings is 1. The molecule has 0 aliphatic carbocycles. The molecule has 1 aromatic heterocycles. The number of para-hydroxylation sites is 1. The summed E-state index contributed by atoms with van der Waals surface area (Å²) in [5.74, 6) is -0.717. The van der Waals surface area contributed by atoms with Crippen LogP contribution in [0.1, 0.15) is 16.8 Å². The first kappa shape index (κ1) is 12.1. The molecular formula is C14H13NO3. The molecule has 0 aliphatic heterocycles. The van der Waals surface area contributed by atoms with Crippen molar-refractivity contribution in [2.24, 2.45) is 0 Å². The smallest absolute Gasteiger partial charge is 0.340 e. The Morgan fingerprint density at radius 2 is 2.22 bits per heavy atom. The van der Waals surface area contributed by atoms with Crippen molar-refractivity contribution in [3.8, 4) is 5.75 Å². The average molecular weight is 243 g/mol. The zero-order chi connectivity index (χ0) is 13.0. The molecule has 0 saturated carbocycles. The van der Waals surface area contributed by atoms with Gasteiger partial charge >= 0.3 is 5.97 Å². The summed E-state index contributed by atoms with van der Waals surface area (Å²) in [6, 6.07) is 7.10. The number of carboxylic acids is 1. The Bertz CT molecular complexity index is 593. The Morgan fingerprint density at radius 1 is 1.44 bits per heavy atom. The molecule has 0 spiro atoms. The van der Waals surface area contributed by atoms with Crippen molar-refractivity contribution >= 4 is 16.9 Å². The van der Waals surface area contributed by atoms with Crippen LogP contribution in [-0.2, 0) is 0 Å². The summed E-state index contributed by atoms with van der Waals surface area (Å²) >= 11 is 0. The highest BCUT2D eigenvalue weighted by Crippen LogP contribution is 2.26. The van der Waals surface area contributed by atoms with Crippen molar-refractivity contribution in [3.63, 3.8) is 0 Å². The van der Waals surface area contributed by atoms with E-state index >= 15 is 0 Å². The molecule has 1 aromatic carbocycles. The van der Waals surface area contributed by atoms with Crippen molar-refractivity contribution in [2.45, 2.75) is 6.42 Å². The minimum absolute atomic E-state index is 0.157. The molecule has 0 amide bonds. The number of hydrogen-bond acceptors (Lipinski definition) is 3. The number of pyridine rings is 1. The van der Waals surface area contributed by atoms with Crippen LogP contribution in [0.15, 0.2) is 43.1 Å². The Labute approximate surface area is 105 Å². The molecule has 0 atom stereocenters. The molecule has 0 bridgehead atoms. The topological polar surface area (TPSA) is 59.4 Å². The lowest BCUT2D eigenvalue weighted by molar-refractivity contribution is 0.0694. The molecule has 1 N–H and O–H groups in total. The predicted octanol–water partition coefficient (Wildman–Crippen LogP) is 2.89.